The predicted octanol–water partition coefficient (Wildman–Crippen LogP) is 5.82. The molecule has 2 aliphatic rings. The largest absolute Gasteiger partial charge is 0.457 e. The van der Waals surface area contributed by atoms with Crippen molar-refractivity contribution >= 4 is 56.5 Å². The maximum absolute atomic E-state index is 13.5. The first-order chi connectivity index (χ1) is 19.9. The topological polar surface area (TPSA) is 104 Å². The maximum Gasteiger partial charge on any atom is 0.331 e. The number of carbonyl (C=O) groups is 3. The number of aryl methyl sites for hydroxylation is 1. The Kier molecular flexibility index (Phi) is 7.03. The monoisotopic (exact) mass is 565 g/mol. The minimum Gasteiger partial charge on any atom is -0.457 e. The molecule has 0 spiro atoms. The Balaban J connectivity index is 1.28. The van der Waals surface area contributed by atoms with E-state index in [9.17, 15) is 14.4 Å². The molecule has 4 amide bonds. The highest BCUT2D eigenvalue weighted by atomic mass is 32.1. The molecule has 0 bridgehead atoms. The van der Waals surface area contributed by atoms with Crippen molar-refractivity contribution in [3.05, 3.63) is 71.2 Å². The van der Waals surface area contributed by atoms with Gasteiger partial charge >= 0.3 is 6.03 Å². The minimum atomic E-state index is -0.371. The van der Waals surface area contributed by atoms with E-state index in [0.717, 1.165) is 24.2 Å². The smallest absolute Gasteiger partial charge is 0.331 e. The van der Waals surface area contributed by atoms with Crippen LogP contribution < -0.4 is 20.3 Å². The van der Waals surface area contributed by atoms with Gasteiger partial charge in [-0.25, -0.2) is 9.78 Å². The molecule has 2 N–H and O–H groups in total. The lowest BCUT2D eigenvalue weighted by atomic mass is 10.1. The van der Waals surface area contributed by atoms with E-state index < -0.39 is 0 Å². The molecular weight excluding hydrogens is 538 g/mol. The van der Waals surface area contributed by atoms with Crippen LogP contribution in [0.2, 0.25) is 0 Å². The molecule has 206 valence electrons. The molecule has 0 unspecified atom stereocenters. The summed E-state index contributed by atoms with van der Waals surface area (Å²) in [6.45, 7) is 4.56. The second kappa shape index (κ2) is 10.9. The van der Waals surface area contributed by atoms with Gasteiger partial charge in [0.25, 0.3) is 11.8 Å². The molecule has 1 saturated heterocycles. The maximum atomic E-state index is 13.5. The van der Waals surface area contributed by atoms with Crippen LogP contribution in [0.25, 0.3) is 10.2 Å². The van der Waals surface area contributed by atoms with Gasteiger partial charge in [0.05, 0.1) is 22.4 Å². The number of likely N-dealkylation sites (tertiary alicyclic amines) is 1. The number of para-hydroxylation sites is 1. The number of piperidine rings is 1. The van der Waals surface area contributed by atoms with Crippen LogP contribution in [0.15, 0.2) is 60.8 Å². The van der Waals surface area contributed by atoms with Crippen LogP contribution in [0.5, 0.6) is 11.5 Å². The highest BCUT2D eigenvalue weighted by Crippen LogP contribution is 2.46. The van der Waals surface area contributed by atoms with Gasteiger partial charge in [0, 0.05) is 25.3 Å². The molecule has 0 aliphatic carbocycles. The van der Waals surface area contributed by atoms with E-state index in [1.54, 1.807) is 29.0 Å². The summed E-state index contributed by atoms with van der Waals surface area (Å²) in [6.07, 6.45) is 3.17. The van der Waals surface area contributed by atoms with E-state index in [0.29, 0.717) is 51.0 Å². The number of amides is 4. The summed E-state index contributed by atoms with van der Waals surface area (Å²) >= 11 is 1.23. The first kappa shape index (κ1) is 26.3. The molecule has 10 heteroatoms. The first-order valence-corrected chi connectivity index (χ1v) is 14.1. The number of hydrogen-bond donors (Lipinski definition) is 2. The average molecular weight is 566 g/mol. The molecule has 1 fully saturated rings. The summed E-state index contributed by atoms with van der Waals surface area (Å²) < 4.78 is 5.97. The summed E-state index contributed by atoms with van der Waals surface area (Å²) in [7, 11) is 0. The van der Waals surface area contributed by atoms with Gasteiger partial charge in [0.1, 0.15) is 21.2 Å². The minimum absolute atomic E-state index is 0.209. The van der Waals surface area contributed by atoms with Crippen LogP contribution in [0.1, 0.15) is 35.0 Å². The van der Waals surface area contributed by atoms with Gasteiger partial charge in [0.2, 0.25) is 0 Å². The second-order valence-corrected chi connectivity index (χ2v) is 10.9. The van der Waals surface area contributed by atoms with Gasteiger partial charge in [0.15, 0.2) is 0 Å². The molecule has 6 rings (SSSR count). The summed E-state index contributed by atoms with van der Waals surface area (Å²) in [5, 5.41) is 6.72. The third-order valence-electron chi connectivity index (χ3n) is 7.12. The van der Waals surface area contributed by atoms with Crippen molar-refractivity contribution in [2.24, 2.45) is 0 Å². The lowest BCUT2D eigenvalue weighted by Crippen LogP contribution is -2.49. The van der Waals surface area contributed by atoms with Gasteiger partial charge < -0.3 is 20.3 Å². The summed E-state index contributed by atoms with van der Waals surface area (Å²) in [5.41, 5.74) is 2.64. The zero-order chi connectivity index (χ0) is 28.5. The molecule has 4 aromatic rings. The van der Waals surface area contributed by atoms with Crippen LogP contribution >= 0.6 is 11.3 Å². The van der Waals surface area contributed by atoms with Crippen LogP contribution in [-0.2, 0) is 4.79 Å². The van der Waals surface area contributed by atoms with Crippen LogP contribution in [0.3, 0.4) is 0 Å². The number of hydrogen-bond acceptors (Lipinski definition) is 6. The number of ether oxygens (including phenoxy) is 1. The van der Waals surface area contributed by atoms with Crippen molar-refractivity contribution in [2.45, 2.75) is 32.7 Å². The molecular formula is C31H27N5O4S. The summed E-state index contributed by atoms with van der Waals surface area (Å²) in [6, 6.07) is 16.3. The standard InChI is InChI=1S/C31H27N5O4S/c1-3-8-25(37)35-16-7-9-20(18-35)33-29(38)28-27-26-24(14-15-32-30(26)41-28)36(31(39)34-27)23-13-12-22(17-19(23)2)40-21-10-5-4-6-11-21/h4-6,10-15,17,20H,7,9,16,18H2,1-2H3,(H,33,38)(H,34,39)/t20-/m1/s1. The zero-order valence-electron chi connectivity index (χ0n) is 22.6. The number of nitrogens with zero attached hydrogens (tertiary/aromatic N) is 3. The zero-order valence-corrected chi connectivity index (χ0v) is 23.4. The number of carbonyl (C=O) groups excluding carboxylic acids is 3. The normalized spacial score (nSPS) is 16.0. The predicted molar refractivity (Wildman–Crippen MR) is 159 cm³/mol. The quantitative estimate of drug-likeness (QED) is 0.297. The third-order valence-corrected chi connectivity index (χ3v) is 8.21. The SMILES string of the molecule is CC#CC(=O)N1CCC[C@@H](NC(=O)c2sc3nccc4c3c2NC(=O)N4c2ccc(Oc3ccccc3)cc2C)C1. The Labute approximate surface area is 241 Å². The summed E-state index contributed by atoms with van der Waals surface area (Å²) in [5.74, 6) is 6.05. The van der Waals surface area contributed by atoms with E-state index >= 15 is 0 Å². The van der Waals surface area contributed by atoms with Gasteiger partial charge in [-0.15, -0.1) is 11.3 Å². The van der Waals surface area contributed by atoms with E-state index in [1.165, 1.54) is 11.3 Å². The lowest BCUT2D eigenvalue weighted by Gasteiger charge is -2.32. The molecule has 4 heterocycles. The molecule has 2 aliphatic heterocycles. The highest BCUT2D eigenvalue weighted by Gasteiger charge is 2.34. The number of pyridine rings is 1. The Morgan fingerprint density at radius 1 is 1.12 bits per heavy atom. The van der Waals surface area contributed by atoms with Crippen molar-refractivity contribution in [2.75, 3.05) is 23.3 Å². The van der Waals surface area contributed by atoms with E-state index in [2.05, 4.69) is 27.5 Å². The number of nitrogens with one attached hydrogen (secondary N) is 2. The van der Waals surface area contributed by atoms with E-state index in [4.69, 9.17) is 4.74 Å². The Hall–Kier alpha value is -4.88. The van der Waals surface area contributed by atoms with Gasteiger partial charge in [-0.3, -0.25) is 14.5 Å². The number of benzene rings is 2. The van der Waals surface area contributed by atoms with Crippen LogP contribution in [0.4, 0.5) is 21.9 Å². The fraction of sp³-hybridized carbons (Fsp3) is 0.226. The number of anilines is 3. The van der Waals surface area contributed by atoms with Gasteiger partial charge in [-0.2, -0.15) is 0 Å². The fourth-order valence-corrected chi connectivity index (χ4v) is 6.29. The summed E-state index contributed by atoms with van der Waals surface area (Å²) in [4.78, 5) is 48.0. The molecule has 2 aromatic heterocycles. The van der Waals surface area contributed by atoms with Crippen molar-refractivity contribution in [3.8, 4) is 23.3 Å². The number of aromatic nitrogens is 1. The Morgan fingerprint density at radius 3 is 2.73 bits per heavy atom. The molecule has 9 nitrogen and oxygen atoms in total. The van der Waals surface area contributed by atoms with Crippen LogP contribution in [-0.4, -0.2) is 46.9 Å². The second-order valence-electron chi connectivity index (χ2n) is 9.88. The number of rotatable bonds is 5. The van der Waals surface area contributed by atoms with Crippen molar-refractivity contribution in [1.29, 1.82) is 0 Å². The van der Waals surface area contributed by atoms with Gasteiger partial charge in [-0.1, -0.05) is 24.1 Å². The molecule has 0 saturated carbocycles. The van der Waals surface area contributed by atoms with E-state index in [1.807, 2.05) is 55.5 Å². The lowest BCUT2D eigenvalue weighted by molar-refractivity contribution is -0.126. The number of thiophene rings is 1. The van der Waals surface area contributed by atoms with E-state index in [-0.39, 0.29) is 23.9 Å². The molecule has 1 atom stereocenters. The van der Waals surface area contributed by atoms with Gasteiger partial charge in [-0.05, 0) is 74.6 Å². The molecule has 2 aromatic carbocycles. The molecule has 41 heavy (non-hydrogen) atoms. The Bertz CT molecular complexity index is 1740. The van der Waals surface area contributed by atoms with Crippen molar-refractivity contribution in [3.63, 3.8) is 0 Å². The third kappa shape index (κ3) is 5.08. The number of urea groups is 1. The Morgan fingerprint density at radius 2 is 1.95 bits per heavy atom. The van der Waals surface area contributed by atoms with Crippen molar-refractivity contribution < 1.29 is 19.1 Å². The molecule has 0 radical (unpaired) electrons. The fourth-order valence-electron chi connectivity index (χ4n) is 5.27. The van der Waals surface area contributed by atoms with Crippen molar-refractivity contribution in [1.82, 2.24) is 15.2 Å². The van der Waals surface area contributed by atoms with Crippen LogP contribution in [0, 0.1) is 18.8 Å². The highest BCUT2D eigenvalue weighted by molar-refractivity contribution is 7.21. The first-order valence-electron chi connectivity index (χ1n) is 13.3. The average Bonchev–Trinajstić information content (AvgIpc) is 3.34.